The van der Waals surface area contributed by atoms with Gasteiger partial charge in [0.25, 0.3) is 11.8 Å². The first-order valence-corrected chi connectivity index (χ1v) is 8.68. The van der Waals surface area contributed by atoms with E-state index in [0.29, 0.717) is 0 Å². The van der Waals surface area contributed by atoms with Crippen LogP contribution in [0, 0.1) is 0 Å². The lowest BCUT2D eigenvalue weighted by molar-refractivity contribution is -0.146. The predicted molar refractivity (Wildman–Crippen MR) is 90.0 cm³/mol. The molecule has 1 aliphatic rings. The van der Waals surface area contributed by atoms with Gasteiger partial charge in [0.2, 0.25) is 0 Å². The average Bonchev–Trinajstić information content (AvgIpc) is 2.97. The van der Waals surface area contributed by atoms with Crippen molar-refractivity contribution in [1.29, 1.82) is 0 Å². The zero-order valence-corrected chi connectivity index (χ0v) is 15.4. The smallest absolute Gasteiger partial charge is 0.335 e. The minimum atomic E-state index is -1.80. The average molecular weight is 354 g/mol. The van der Waals surface area contributed by atoms with E-state index in [1.807, 2.05) is 37.3 Å². The monoisotopic (exact) mass is 354 g/mol. The Labute approximate surface area is 143 Å². The number of benzene rings is 1. The molecule has 0 aromatic heterocycles. The van der Waals surface area contributed by atoms with Gasteiger partial charge in [-0.05, 0) is 12.5 Å². The minimum Gasteiger partial charge on any atom is -0.346 e. The van der Waals surface area contributed by atoms with Gasteiger partial charge in [-0.2, -0.15) is 0 Å². The molecule has 0 aliphatic carbocycles. The molecule has 3 atom stereocenters. The van der Waals surface area contributed by atoms with Crippen LogP contribution in [0.5, 0.6) is 0 Å². The van der Waals surface area contributed by atoms with Gasteiger partial charge in [0.15, 0.2) is 12.2 Å². The van der Waals surface area contributed by atoms with Crippen LogP contribution in [0.1, 0.15) is 18.6 Å². The highest BCUT2D eigenvalue weighted by atomic mass is 31.2. The van der Waals surface area contributed by atoms with Crippen LogP contribution < -0.4 is 0 Å². The number of likely N-dealkylation sites (N-methyl/N-ethyl adjacent to an activating group) is 2. The molecule has 8 heteroatoms. The quantitative estimate of drug-likeness (QED) is 0.756. The number of hydrogen-bond acceptors (Lipinski definition) is 5. The van der Waals surface area contributed by atoms with Gasteiger partial charge < -0.3 is 14.3 Å². The third-order valence-corrected chi connectivity index (χ3v) is 4.84. The molecule has 1 unspecified atom stereocenters. The lowest BCUT2D eigenvalue weighted by atomic mass is 10.1. The maximum absolute atomic E-state index is 12.3. The van der Waals surface area contributed by atoms with Crippen LogP contribution in [-0.4, -0.2) is 62.0 Å². The Morgan fingerprint density at radius 3 is 1.88 bits per heavy atom. The van der Waals surface area contributed by atoms with Crippen molar-refractivity contribution in [2.45, 2.75) is 25.2 Å². The van der Waals surface area contributed by atoms with Gasteiger partial charge in [0.1, 0.15) is 0 Å². The fraction of sp³-hybridized carbons (Fsp3) is 0.500. The predicted octanol–water partition coefficient (Wildman–Crippen LogP) is 1.95. The third-order valence-electron chi connectivity index (χ3n) is 3.56. The summed E-state index contributed by atoms with van der Waals surface area (Å²) in [6, 6.07) is 9.61. The molecule has 2 rings (SSSR count). The van der Waals surface area contributed by atoms with Crippen LogP contribution in [0.4, 0.5) is 0 Å². The molecule has 1 aromatic carbocycles. The van der Waals surface area contributed by atoms with E-state index in [1.165, 1.54) is 9.80 Å². The summed E-state index contributed by atoms with van der Waals surface area (Å²) in [6.45, 7) is 1.87. The Kier molecular flexibility index (Phi) is 6.29. The molecule has 132 valence electrons. The fourth-order valence-electron chi connectivity index (χ4n) is 2.14. The molecule has 1 aromatic rings. The Bertz CT molecular complexity index is 553. The van der Waals surface area contributed by atoms with Gasteiger partial charge in [0.05, 0.1) is 6.10 Å². The van der Waals surface area contributed by atoms with Crippen LogP contribution in [0.2, 0.25) is 0 Å². The zero-order chi connectivity index (χ0) is 17.9. The lowest BCUT2D eigenvalue weighted by Gasteiger charge is -2.21. The molecule has 0 N–H and O–H groups in total. The first-order chi connectivity index (χ1) is 11.3. The van der Waals surface area contributed by atoms with Crippen molar-refractivity contribution < 1.29 is 23.2 Å². The molecule has 1 aliphatic heterocycles. The Hall–Kier alpha value is -1.53. The summed E-state index contributed by atoms with van der Waals surface area (Å²) in [5.74, 6) is -0.646. The van der Waals surface area contributed by atoms with E-state index in [4.69, 9.17) is 13.6 Å². The van der Waals surface area contributed by atoms with Crippen molar-refractivity contribution in [2.24, 2.45) is 0 Å². The Balaban J connectivity index is 2.10. The molecule has 0 spiro atoms. The van der Waals surface area contributed by atoms with Crippen LogP contribution in [0.25, 0.3) is 0 Å². The maximum atomic E-state index is 12.3. The Morgan fingerprint density at radius 2 is 1.46 bits per heavy atom. The number of amides is 2. The van der Waals surface area contributed by atoms with Gasteiger partial charge in [0, 0.05) is 28.2 Å². The molecular weight excluding hydrogens is 331 g/mol. The van der Waals surface area contributed by atoms with Crippen molar-refractivity contribution in [3.63, 3.8) is 0 Å². The number of nitrogens with zero attached hydrogens (tertiary/aromatic N) is 2. The molecule has 24 heavy (non-hydrogen) atoms. The molecule has 1 heterocycles. The van der Waals surface area contributed by atoms with E-state index in [0.717, 1.165) is 5.56 Å². The highest BCUT2D eigenvalue weighted by Crippen LogP contribution is 2.52. The van der Waals surface area contributed by atoms with E-state index in [1.54, 1.807) is 28.2 Å². The van der Waals surface area contributed by atoms with Gasteiger partial charge in [-0.3, -0.25) is 18.6 Å². The molecule has 2 amide bonds. The standard InChI is InChI=1S/C16H23N2O5P/c1-11(12-9-7-6-8-10-12)21-24-22-13(15(19)17(2)3)14(23-24)16(20)18(4)5/h6-11,13-14H,1-5H3/t11?,13-,14-/m1/s1. The zero-order valence-electron chi connectivity index (χ0n) is 14.5. The fourth-order valence-corrected chi connectivity index (χ4v) is 3.44. The summed E-state index contributed by atoms with van der Waals surface area (Å²) in [6.07, 6.45) is -2.27. The summed E-state index contributed by atoms with van der Waals surface area (Å²) in [4.78, 5) is 27.3. The molecule has 0 radical (unpaired) electrons. The summed E-state index contributed by atoms with van der Waals surface area (Å²) in [5.41, 5.74) is 0.963. The molecular formula is C16H23N2O5P. The van der Waals surface area contributed by atoms with Crippen molar-refractivity contribution in [3.8, 4) is 0 Å². The highest BCUT2D eigenvalue weighted by molar-refractivity contribution is 7.42. The van der Waals surface area contributed by atoms with Crippen LogP contribution in [0.3, 0.4) is 0 Å². The van der Waals surface area contributed by atoms with Gasteiger partial charge in [-0.15, -0.1) is 0 Å². The van der Waals surface area contributed by atoms with Gasteiger partial charge in [-0.25, -0.2) is 0 Å². The second-order valence-electron chi connectivity index (χ2n) is 5.90. The number of rotatable bonds is 5. The van der Waals surface area contributed by atoms with Crippen molar-refractivity contribution in [1.82, 2.24) is 9.80 Å². The second kappa shape index (κ2) is 8.03. The first-order valence-electron chi connectivity index (χ1n) is 7.59. The lowest BCUT2D eigenvalue weighted by Crippen LogP contribution is -2.47. The molecule has 1 fully saturated rings. The van der Waals surface area contributed by atoms with Gasteiger partial charge in [-0.1, -0.05) is 30.3 Å². The van der Waals surface area contributed by atoms with E-state index < -0.39 is 20.8 Å². The summed E-state index contributed by atoms with van der Waals surface area (Å²) in [7, 11) is 4.64. The van der Waals surface area contributed by atoms with Crippen molar-refractivity contribution in [2.75, 3.05) is 28.2 Å². The van der Waals surface area contributed by atoms with Gasteiger partial charge >= 0.3 is 8.60 Å². The van der Waals surface area contributed by atoms with Crippen LogP contribution in [-0.2, 0) is 23.2 Å². The normalized spacial score (nSPS) is 22.2. The van der Waals surface area contributed by atoms with Crippen LogP contribution in [0.15, 0.2) is 30.3 Å². The van der Waals surface area contributed by atoms with Crippen molar-refractivity contribution in [3.05, 3.63) is 35.9 Å². The SMILES string of the molecule is CC(OP1O[C@@H](C(=O)N(C)C)[C@H](C(=O)N(C)C)O1)c1ccccc1. The number of carbonyl (C=O) groups excluding carboxylic acids is 2. The van der Waals surface area contributed by atoms with E-state index >= 15 is 0 Å². The molecule has 7 nitrogen and oxygen atoms in total. The molecule has 0 bridgehead atoms. The van der Waals surface area contributed by atoms with Crippen molar-refractivity contribution >= 4 is 20.4 Å². The summed E-state index contributed by atoms with van der Waals surface area (Å²) >= 11 is 0. The molecule has 1 saturated heterocycles. The largest absolute Gasteiger partial charge is 0.346 e. The molecule has 0 saturated carbocycles. The summed E-state index contributed by atoms with van der Waals surface area (Å²) < 4.78 is 17.1. The highest BCUT2D eigenvalue weighted by Gasteiger charge is 2.48. The first kappa shape index (κ1) is 18.8. The maximum Gasteiger partial charge on any atom is 0.335 e. The number of hydrogen-bond donors (Lipinski definition) is 0. The van der Waals surface area contributed by atoms with E-state index in [9.17, 15) is 9.59 Å². The topological polar surface area (TPSA) is 68.3 Å². The Morgan fingerprint density at radius 1 is 1.00 bits per heavy atom. The van der Waals surface area contributed by atoms with Crippen LogP contribution >= 0.6 is 8.60 Å². The minimum absolute atomic E-state index is 0.277. The van der Waals surface area contributed by atoms with E-state index in [2.05, 4.69) is 0 Å². The summed E-state index contributed by atoms with van der Waals surface area (Å²) in [5, 5.41) is 0. The number of carbonyl (C=O) groups is 2. The van der Waals surface area contributed by atoms with E-state index in [-0.39, 0.29) is 17.9 Å². The second-order valence-corrected chi connectivity index (χ2v) is 6.98. The third kappa shape index (κ3) is 4.30.